The lowest BCUT2D eigenvalue weighted by Crippen LogP contribution is -2.06. The maximum Gasteiger partial charge on any atom is 0.338 e. The van der Waals surface area contributed by atoms with Crippen molar-refractivity contribution in [3.05, 3.63) is 69.1 Å². The second kappa shape index (κ2) is 7.21. The van der Waals surface area contributed by atoms with Gasteiger partial charge in [0, 0.05) is 10.9 Å². The molecule has 3 aromatic rings. The monoisotopic (exact) mass is 378 g/mol. The van der Waals surface area contributed by atoms with E-state index in [1.807, 2.05) is 29.6 Å². The third kappa shape index (κ3) is 3.70. The van der Waals surface area contributed by atoms with Gasteiger partial charge in [-0.1, -0.05) is 41.4 Å². The van der Waals surface area contributed by atoms with E-state index < -0.39 is 5.97 Å². The van der Waals surface area contributed by atoms with Crippen molar-refractivity contribution >= 4 is 46.2 Å². The molecule has 0 saturated heterocycles. The Labute approximate surface area is 152 Å². The molecule has 0 saturated carbocycles. The average Bonchev–Trinajstić information content (AvgIpc) is 3.04. The second-order valence-corrected chi connectivity index (χ2v) is 6.61. The van der Waals surface area contributed by atoms with Gasteiger partial charge in [-0.15, -0.1) is 11.3 Å². The molecule has 2 N–H and O–H groups in total. The molecule has 0 fully saturated rings. The Hall–Kier alpha value is -2.08. The summed E-state index contributed by atoms with van der Waals surface area (Å²) in [5.74, 6) is -0.481. The Morgan fingerprint density at radius 1 is 1.17 bits per heavy atom. The van der Waals surface area contributed by atoms with E-state index in [9.17, 15) is 4.79 Å². The second-order valence-electron chi connectivity index (χ2n) is 4.94. The van der Waals surface area contributed by atoms with Gasteiger partial charge in [-0.25, -0.2) is 9.78 Å². The number of rotatable bonds is 4. The van der Waals surface area contributed by atoms with Crippen LogP contribution in [0.5, 0.6) is 0 Å². The van der Waals surface area contributed by atoms with Crippen molar-refractivity contribution in [2.24, 2.45) is 0 Å². The van der Waals surface area contributed by atoms with Gasteiger partial charge in [0.05, 0.1) is 27.0 Å². The van der Waals surface area contributed by atoms with Crippen molar-refractivity contribution < 1.29 is 9.53 Å². The third-order valence-electron chi connectivity index (χ3n) is 3.24. The predicted octanol–water partition coefficient (Wildman–Crippen LogP) is 5.06. The van der Waals surface area contributed by atoms with E-state index in [4.69, 9.17) is 33.7 Å². The van der Waals surface area contributed by atoms with E-state index in [2.05, 4.69) is 4.98 Å². The lowest BCUT2D eigenvalue weighted by atomic mass is 10.2. The highest BCUT2D eigenvalue weighted by molar-refractivity contribution is 7.13. The van der Waals surface area contributed by atoms with Crippen LogP contribution in [0.3, 0.4) is 0 Å². The van der Waals surface area contributed by atoms with Gasteiger partial charge >= 0.3 is 5.97 Å². The fourth-order valence-corrected chi connectivity index (χ4v) is 3.27. The van der Waals surface area contributed by atoms with Crippen LogP contribution in [0.4, 0.5) is 5.69 Å². The fourth-order valence-electron chi connectivity index (χ4n) is 2.03. The summed E-state index contributed by atoms with van der Waals surface area (Å²) in [5.41, 5.74) is 7.88. The number of nitrogen functional groups attached to an aromatic ring is 1. The summed E-state index contributed by atoms with van der Waals surface area (Å²) < 4.78 is 5.26. The van der Waals surface area contributed by atoms with Crippen LogP contribution in [0.2, 0.25) is 10.0 Å². The van der Waals surface area contributed by atoms with Crippen LogP contribution in [0.25, 0.3) is 10.6 Å². The highest BCUT2D eigenvalue weighted by Gasteiger charge is 2.12. The van der Waals surface area contributed by atoms with Crippen molar-refractivity contribution in [3.8, 4) is 10.6 Å². The molecule has 2 aromatic carbocycles. The Kier molecular flexibility index (Phi) is 5.04. The summed E-state index contributed by atoms with van der Waals surface area (Å²) in [7, 11) is 0. The molecule has 0 amide bonds. The summed E-state index contributed by atoms with van der Waals surface area (Å²) in [6, 6.07) is 12.1. The maximum atomic E-state index is 12.0. The molecule has 0 unspecified atom stereocenters. The Bertz CT molecular complexity index is 896. The van der Waals surface area contributed by atoms with Crippen LogP contribution in [0.15, 0.2) is 47.8 Å². The Balaban J connectivity index is 1.68. The predicted molar refractivity (Wildman–Crippen MR) is 97.5 cm³/mol. The van der Waals surface area contributed by atoms with Gasteiger partial charge in [-0.05, 0) is 24.3 Å². The molecule has 0 radical (unpaired) electrons. The number of benzene rings is 2. The number of carbonyl (C=O) groups is 1. The fraction of sp³-hybridized carbons (Fsp3) is 0.0588. The lowest BCUT2D eigenvalue weighted by Gasteiger charge is -2.05. The Morgan fingerprint density at radius 2 is 1.96 bits per heavy atom. The number of esters is 1. The molecule has 4 nitrogen and oxygen atoms in total. The SMILES string of the molecule is Nc1cc(C(=O)OCc2csc(-c3ccccc3Cl)n2)ccc1Cl. The molecule has 0 spiro atoms. The van der Waals surface area contributed by atoms with E-state index in [-0.39, 0.29) is 6.61 Å². The van der Waals surface area contributed by atoms with E-state index in [0.717, 1.165) is 10.6 Å². The topological polar surface area (TPSA) is 65.2 Å². The normalized spacial score (nSPS) is 10.6. The molecule has 3 rings (SSSR count). The minimum absolute atomic E-state index is 0.0717. The maximum absolute atomic E-state index is 12.0. The molecule has 0 aliphatic carbocycles. The largest absolute Gasteiger partial charge is 0.456 e. The van der Waals surface area contributed by atoms with Gasteiger partial charge in [0.25, 0.3) is 0 Å². The van der Waals surface area contributed by atoms with Crippen molar-refractivity contribution in [2.75, 3.05) is 5.73 Å². The molecule has 1 aromatic heterocycles. The van der Waals surface area contributed by atoms with Crippen LogP contribution >= 0.6 is 34.5 Å². The summed E-state index contributed by atoms with van der Waals surface area (Å²) >= 11 is 13.4. The van der Waals surface area contributed by atoms with Crippen LogP contribution in [-0.2, 0) is 11.3 Å². The number of aromatic nitrogens is 1. The summed E-state index contributed by atoms with van der Waals surface area (Å²) in [4.78, 5) is 16.5. The van der Waals surface area contributed by atoms with Gasteiger partial charge in [0.1, 0.15) is 11.6 Å². The van der Waals surface area contributed by atoms with E-state index in [0.29, 0.717) is 27.0 Å². The number of nitrogens with zero attached hydrogens (tertiary/aromatic N) is 1. The molecular formula is C17H12Cl2N2O2S. The molecule has 0 bridgehead atoms. The minimum Gasteiger partial charge on any atom is -0.456 e. The zero-order valence-electron chi connectivity index (χ0n) is 12.3. The smallest absolute Gasteiger partial charge is 0.338 e. The van der Waals surface area contributed by atoms with E-state index in [1.54, 1.807) is 12.1 Å². The van der Waals surface area contributed by atoms with Crippen molar-refractivity contribution in [2.45, 2.75) is 6.61 Å². The van der Waals surface area contributed by atoms with Crippen LogP contribution in [0.1, 0.15) is 16.1 Å². The van der Waals surface area contributed by atoms with Gasteiger partial charge in [-0.2, -0.15) is 0 Å². The van der Waals surface area contributed by atoms with Crippen LogP contribution < -0.4 is 5.73 Å². The van der Waals surface area contributed by atoms with Gasteiger partial charge in [0.2, 0.25) is 0 Å². The summed E-state index contributed by atoms with van der Waals surface area (Å²) in [5, 5.41) is 3.65. The third-order valence-corrected chi connectivity index (χ3v) is 4.84. The number of hydrogen-bond acceptors (Lipinski definition) is 5. The van der Waals surface area contributed by atoms with Crippen molar-refractivity contribution in [1.82, 2.24) is 4.98 Å². The van der Waals surface area contributed by atoms with Gasteiger partial charge in [0.15, 0.2) is 0 Å². The summed E-state index contributed by atoms with van der Waals surface area (Å²) in [6.45, 7) is 0.0717. The first-order valence-corrected chi connectivity index (χ1v) is 8.59. The number of ether oxygens (including phenoxy) is 1. The molecular weight excluding hydrogens is 367 g/mol. The molecule has 24 heavy (non-hydrogen) atoms. The molecule has 7 heteroatoms. The zero-order chi connectivity index (χ0) is 17.1. The first kappa shape index (κ1) is 16.8. The lowest BCUT2D eigenvalue weighted by molar-refractivity contribution is 0.0468. The quantitative estimate of drug-likeness (QED) is 0.509. The molecule has 122 valence electrons. The van der Waals surface area contributed by atoms with Crippen LogP contribution in [-0.4, -0.2) is 11.0 Å². The van der Waals surface area contributed by atoms with E-state index in [1.165, 1.54) is 17.4 Å². The van der Waals surface area contributed by atoms with E-state index >= 15 is 0 Å². The van der Waals surface area contributed by atoms with Crippen LogP contribution in [0, 0.1) is 0 Å². The molecule has 0 aliphatic rings. The number of nitrogens with two attached hydrogens (primary N) is 1. The number of carbonyl (C=O) groups excluding carboxylic acids is 1. The molecule has 1 heterocycles. The summed E-state index contributed by atoms with van der Waals surface area (Å²) in [6.07, 6.45) is 0. The first-order chi connectivity index (χ1) is 11.5. The number of anilines is 1. The van der Waals surface area contributed by atoms with Gasteiger partial charge in [-0.3, -0.25) is 0 Å². The number of hydrogen-bond donors (Lipinski definition) is 1. The molecule has 0 atom stereocenters. The number of halogens is 2. The minimum atomic E-state index is -0.481. The van der Waals surface area contributed by atoms with Crippen molar-refractivity contribution in [3.63, 3.8) is 0 Å². The van der Waals surface area contributed by atoms with Crippen molar-refractivity contribution in [1.29, 1.82) is 0 Å². The highest BCUT2D eigenvalue weighted by Crippen LogP contribution is 2.30. The average molecular weight is 379 g/mol. The number of thiazole rings is 1. The zero-order valence-corrected chi connectivity index (χ0v) is 14.7. The Morgan fingerprint density at radius 3 is 2.71 bits per heavy atom. The molecule has 0 aliphatic heterocycles. The highest BCUT2D eigenvalue weighted by atomic mass is 35.5. The standard InChI is InChI=1S/C17H12Cl2N2O2S/c18-13-4-2-1-3-12(13)16-21-11(9-24-16)8-23-17(22)10-5-6-14(19)15(20)7-10/h1-7,9H,8,20H2. The first-order valence-electron chi connectivity index (χ1n) is 6.96. The van der Waals surface area contributed by atoms with Gasteiger partial charge < -0.3 is 10.5 Å².